The maximum Gasteiger partial charge on any atom is 0.391 e. The summed E-state index contributed by atoms with van der Waals surface area (Å²) in [7, 11) is 1.19. The van der Waals surface area contributed by atoms with E-state index in [4.69, 9.17) is 48.1 Å². The van der Waals surface area contributed by atoms with Gasteiger partial charge in [0.25, 0.3) is 0 Å². The predicted octanol–water partition coefficient (Wildman–Crippen LogP) is 17.6. The number of unbranched alkanes of at least 4 members (excludes halogenated alkanes) is 1. The molecule has 29 nitrogen and oxygen atoms in total. The number of hydrogen-bond acceptors (Lipinski definition) is 21. The van der Waals surface area contributed by atoms with Crippen molar-refractivity contribution in [2.45, 2.75) is 252 Å². The summed E-state index contributed by atoms with van der Waals surface area (Å²) >= 11 is 3.42. The monoisotopic (exact) mass is 1750 g/mol. The van der Waals surface area contributed by atoms with Crippen molar-refractivity contribution >= 4 is 57.7 Å². The minimum Gasteiger partial charge on any atom is -0.475 e. The topological polar surface area (TPSA) is 374 Å². The number of aryl methyl sites for hydroxylation is 4. The van der Waals surface area contributed by atoms with Gasteiger partial charge in [-0.15, -0.1) is 0 Å². The molecule has 656 valence electrons. The minimum absolute atomic E-state index is 0.0232. The summed E-state index contributed by atoms with van der Waals surface area (Å²) in [4.78, 5) is 117. The molecule has 15 unspecified atom stereocenters. The minimum atomic E-state index is -1.65. The van der Waals surface area contributed by atoms with Crippen LogP contribution in [0.15, 0.2) is 97.1 Å². The summed E-state index contributed by atoms with van der Waals surface area (Å²) < 4.78 is 33.6. The lowest BCUT2D eigenvalue weighted by molar-refractivity contribution is -0.163. The van der Waals surface area contributed by atoms with Crippen LogP contribution in [-0.2, 0) is 62.0 Å². The summed E-state index contributed by atoms with van der Waals surface area (Å²) in [5.41, 5.74) is 7.60. The van der Waals surface area contributed by atoms with Crippen molar-refractivity contribution in [1.82, 2.24) is 60.7 Å². The van der Waals surface area contributed by atoms with Crippen molar-refractivity contribution < 1.29 is 67.1 Å². The van der Waals surface area contributed by atoms with Crippen molar-refractivity contribution in [3.05, 3.63) is 177 Å². The summed E-state index contributed by atoms with van der Waals surface area (Å²) in [6.07, 6.45) is 11.8. The van der Waals surface area contributed by atoms with Crippen molar-refractivity contribution in [2.24, 2.45) is 59.2 Å². The molecule has 12 rings (SSSR count). The van der Waals surface area contributed by atoms with Crippen LogP contribution in [-0.4, -0.2) is 164 Å². The molecule has 4 saturated carbocycles. The maximum absolute atomic E-state index is 13.5. The van der Waals surface area contributed by atoms with Crippen LogP contribution in [0.4, 0.5) is 0 Å². The smallest absolute Gasteiger partial charge is 0.391 e. The van der Waals surface area contributed by atoms with Crippen LogP contribution in [0.3, 0.4) is 0 Å². The molecule has 0 bridgehead atoms. The Balaban J connectivity index is 0.000000187. The second-order valence-electron chi connectivity index (χ2n) is 34.1. The van der Waals surface area contributed by atoms with Gasteiger partial charge in [0.2, 0.25) is 17.8 Å². The number of aromatic nitrogens is 12. The first-order chi connectivity index (χ1) is 58.8. The van der Waals surface area contributed by atoms with Crippen LogP contribution < -0.4 is 0 Å². The zero-order valence-corrected chi connectivity index (χ0v) is 74.9. The number of nitrogens with zero attached hydrogens (tertiary/aromatic N) is 11. The zero-order valence-electron chi connectivity index (χ0n) is 73.3. The predicted molar refractivity (Wildman–Crippen MR) is 465 cm³/mol. The highest BCUT2D eigenvalue weighted by Crippen LogP contribution is 2.42. The number of aliphatic carboxylic acids is 1. The number of hydrogen-bond donors (Lipinski definition) is 5. The lowest BCUT2D eigenvalue weighted by atomic mass is 9.73. The molecule has 0 spiro atoms. The number of halogens is 1. The number of aromatic amines is 4. The molecule has 4 fully saturated rings. The van der Waals surface area contributed by atoms with Crippen LogP contribution >= 0.6 is 15.9 Å². The summed E-state index contributed by atoms with van der Waals surface area (Å²) in [6, 6.07) is 26.2. The SMILES string of the molecule is Cc1ccc(-c2n[nH]c(C(Br)C(=O)OC3C(C)CC(C)CC3C)n2)cc1.[C-]#[N+]C(C(=O)O)C(C(=O)OC1C(C)CCCC1C)c1nc(-c2ccc(C)cc2)n[nH]1.[C-]#[N+]C(C(=O)OC)C(C(=O)OC1C(C)CC(CC)CC1C)c1nc(-c2ccc(C)cc2)n[nH]1.[C-]#[N+]C(C(=O)OCCCC)C(C(=O)OC1C(C)CCCC1C)c1nc(-c2ccc(C)cc2)n[nH]1. The van der Waals surface area contributed by atoms with Gasteiger partial charge in [-0.3, -0.25) is 54.1 Å². The van der Waals surface area contributed by atoms with Gasteiger partial charge >= 0.3 is 59.9 Å². The van der Waals surface area contributed by atoms with E-state index in [0.717, 1.165) is 116 Å². The third-order valence-corrected chi connectivity index (χ3v) is 24.9. The lowest BCUT2D eigenvalue weighted by Gasteiger charge is -2.38. The van der Waals surface area contributed by atoms with E-state index in [-0.39, 0.29) is 90.0 Å². The van der Waals surface area contributed by atoms with Crippen LogP contribution in [0.2, 0.25) is 0 Å². The molecule has 4 heterocycles. The largest absolute Gasteiger partial charge is 0.475 e. The third kappa shape index (κ3) is 25.2. The van der Waals surface area contributed by atoms with E-state index in [1.165, 1.54) is 12.7 Å². The Hall–Kier alpha value is -11.3. The molecule has 5 N–H and O–H groups in total. The maximum atomic E-state index is 13.5. The Morgan fingerprint density at radius 2 is 0.715 bits per heavy atom. The number of carbonyl (C=O) groups is 7. The summed E-state index contributed by atoms with van der Waals surface area (Å²) in [5.74, 6) is -3.66. The first-order valence-corrected chi connectivity index (χ1v) is 43.7. The molecule has 4 aliphatic carbocycles. The first kappa shape index (κ1) is 95.5. The number of nitrogens with one attached hydrogen (secondary N) is 4. The molecule has 30 heteroatoms. The number of alkyl halides is 1. The third-order valence-electron chi connectivity index (χ3n) is 24.1. The van der Waals surface area contributed by atoms with Crippen LogP contribution in [0.25, 0.3) is 60.1 Å². The van der Waals surface area contributed by atoms with E-state index in [1.54, 1.807) is 0 Å². The van der Waals surface area contributed by atoms with E-state index < -0.39 is 76.5 Å². The highest BCUT2D eigenvalue weighted by molar-refractivity contribution is 9.09. The van der Waals surface area contributed by atoms with Crippen molar-refractivity contribution in [2.75, 3.05) is 13.7 Å². The Labute approximate surface area is 729 Å². The number of methoxy groups -OCH3 is 1. The fraction of sp³-hybridized carbons (Fsp3) is 0.548. The van der Waals surface area contributed by atoms with E-state index in [2.05, 4.69) is 147 Å². The Bertz CT molecular complexity index is 4910. The molecule has 123 heavy (non-hydrogen) atoms. The van der Waals surface area contributed by atoms with Gasteiger partial charge in [0.05, 0.1) is 13.7 Å². The number of carbonyl (C=O) groups excluding carboxylic acids is 6. The second-order valence-corrected chi connectivity index (χ2v) is 35.1. The van der Waals surface area contributed by atoms with Crippen LogP contribution in [0.1, 0.15) is 228 Å². The van der Waals surface area contributed by atoms with E-state index in [9.17, 15) is 38.7 Å². The molecular weight excluding hydrogens is 1630 g/mol. The molecule has 4 aliphatic rings. The van der Waals surface area contributed by atoms with Crippen molar-refractivity contribution in [3.8, 4) is 45.6 Å². The average molecular weight is 1750 g/mol. The van der Waals surface area contributed by atoms with Crippen molar-refractivity contribution in [3.63, 3.8) is 0 Å². The van der Waals surface area contributed by atoms with Crippen LogP contribution in [0.5, 0.6) is 0 Å². The molecule has 4 aromatic carbocycles. The van der Waals surface area contributed by atoms with E-state index in [1.807, 2.05) is 146 Å². The standard InChI is InChI=1S/C26H34N4O4.C25H32N4O4.C22H26N4O4.C20H26BrN3O2/c1-6-7-15-33-26(32)21(27-5)20(25(31)34-22-17(3)9-8-10-18(22)4)24-28-23(29-30-24)19-13-11-16(2)12-14-19;1-7-17-12-15(3)21(16(4)13-17)33-24(30)19(20(26-5)25(31)32-6)23-27-22(28-29-23)18-10-8-14(2)9-11-18;1-12-8-10-15(11-9-12)19-24-20(26-25-19)16(17(23-4)21(27)28)22(29)30-18-13(2)6-5-7-14(18)3;1-11-5-7-15(8-6-11)18-22-19(24-23-18)16(21)20(25)26-17-13(3)9-12(2)10-14(17)4/h11-14,17-18,20-22H,6-10,15H2,1-4H3,(H,28,29,30);8-11,15-17,19-21H,7,12-13H2,1-4,6H3,(H,27,28,29);8-11,13-14,16-18H,5-7H2,1-3H3,(H,27,28)(H,24,25,26);5-8,12-14,16-17H,9-10H2,1-4H3,(H,22,23,24). The molecule has 15 atom stereocenters. The number of carboxylic acid groups (broad SMARTS) is 1. The highest BCUT2D eigenvalue weighted by atomic mass is 79.9. The zero-order chi connectivity index (χ0) is 89.5. The average Bonchev–Trinajstić information content (AvgIpc) is 0.902. The van der Waals surface area contributed by atoms with Gasteiger partial charge in [-0.2, -0.15) is 20.4 Å². The molecule has 0 radical (unpaired) electrons. The normalized spacial score (nSPS) is 24.0. The van der Waals surface area contributed by atoms with Gasteiger partial charge in [-0.25, -0.2) is 54.0 Å². The molecule has 0 aliphatic heterocycles. The lowest BCUT2D eigenvalue weighted by Crippen LogP contribution is -2.41. The highest BCUT2D eigenvalue weighted by Gasteiger charge is 2.51. The Morgan fingerprint density at radius 1 is 0.423 bits per heavy atom. The Morgan fingerprint density at radius 3 is 1.02 bits per heavy atom. The fourth-order valence-electron chi connectivity index (χ4n) is 17.1. The quantitative estimate of drug-likeness (QED) is 0.0110. The molecule has 8 aromatic rings. The van der Waals surface area contributed by atoms with Gasteiger partial charge in [-0.1, -0.05) is 237 Å². The first-order valence-electron chi connectivity index (χ1n) is 42.8. The van der Waals surface area contributed by atoms with Gasteiger partial charge in [0.1, 0.15) is 47.7 Å². The second kappa shape index (κ2) is 45.2. The number of esters is 6. The number of rotatable bonds is 26. The van der Waals surface area contributed by atoms with Gasteiger partial charge < -0.3 is 33.5 Å². The van der Waals surface area contributed by atoms with Gasteiger partial charge in [-0.05, 0) is 145 Å². The fourth-order valence-corrected chi connectivity index (χ4v) is 17.4. The summed E-state index contributed by atoms with van der Waals surface area (Å²) in [6.45, 7) is 53.8. The van der Waals surface area contributed by atoms with Gasteiger partial charge in [0.15, 0.2) is 28.1 Å². The molecule has 4 aromatic heterocycles. The Kier molecular flexibility index (Phi) is 35.1. The number of ether oxygens (including phenoxy) is 6. The number of benzene rings is 4. The van der Waals surface area contributed by atoms with E-state index in [0.29, 0.717) is 59.2 Å². The van der Waals surface area contributed by atoms with Crippen LogP contribution in [0, 0.1) is 107 Å². The molecular formula is C93H118BrN15O14. The van der Waals surface area contributed by atoms with Crippen molar-refractivity contribution in [1.29, 1.82) is 0 Å². The summed E-state index contributed by atoms with van der Waals surface area (Å²) in [5, 5.41) is 37.4. The molecule has 0 saturated heterocycles. The number of carboxylic acids is 1. The number of H-pyrrole nitrogens is 4. The molecule has 0 amide bonds. The van der Waals surface area contributed by atoms with Gasteiger partial charge in [0, 0.05) is 22.3 Å². The van der Waals surface area contributed by atoms with E-state index >= 15 is 0 Å².